The number of nitrogens with zero attached hydrogens (tertiary/aromatic N) is 5. The van der Waals surface area contributed by atoms with Gasteiger partial charge in [-0.1, -0.05) is 0 Å². The van der Waals surface area contributed by atoms with Gasteiger partial charge in [-0.25, -0.2) is 18.9 Å². The molecule has 1 amide bonds. The molecule has 0 aliphatic carbocycles. The van der Waals surface area contributed by atoms with E-state index in [0.29, 0.717) is 18.9 Å². The fourth-order valence-electron chi connectivity index (χ4n) is 4.43. The molecule has 0 bridgehead atoms. The maximum Gasteiger partial charge on any atom is 0.471 e. The van der Waals surface area contributed by atoms with E-state index >= 15 is 0 Å². The molecule has 41 heavy (non-hydrogen) atoms. The molecule has 0 atom stereocenters. The van der Waals surface area contributed by atoms with E-state index in [2.05, 4.69) is 35.0 Å². The quantitative estimate of drug-likeness (QED) is 0.283. The SMILES string of the molecule is Cc1cc(Nc2ncc(F)c(Nc3ccc4c(n3)N(COP(=O)(O)O)C(=O)C(C)(C)O4)n2)ccc1N1CCOCC1. The van der Waals surface area contributed by atoms with Crippen LogP contribution in [0.15, 0.2) is 36.5 Å². The summed E-state index contributed by atoms with van der Waals surface area (Å²) in [6.07, 6.45) is 1.00. The van der Waals surface area contributed by atoms with Gasteiger partial charge in [0, 0.05) is 24.5 Å². The largest absolute Gasteiger partial charge is 0.474 e. The standard InChI is InChI=1S/C25H29FN7O7P/c1-15-12-16(4-5-18(15)32-8-10-38-11-9-32)28-24-27-13-17(26)21(31-24)29-20-7-6-19-22(30-20)33(14-39-41(35,36)37)23(34)25(2,3)40-19/h4-7,12-13H,8-11,14H2,1-3H3,(H2,35,36,37)(H2,27,28,29,30,31). The number of carbonyl (C=O) groups excluding carboxylic acids is 1. The molecule has 1 fully saturated rings. The van der Waals surface area contributed by atoms with Crippen molar-refractivity contribution >= 4 is 48.5 Å². The molecule has 16 heteroatoms. The first-order valence-electron chi connectivity index (χ1n) is 12.6. The molecule has 0 saturated carbocycles. The van der Waals surface area contributed by atoms with Gasteiger partial charge in [-0.3, -0.25) is 14.2 Å². The number of halogens is 1. The predicted molar refractivity (Wildman–Crippen MR) is 147 cm³/mol. The van der Waals surface area contributed by atoms with E-state index in [9.17, 15) is 13.8 Å². The van der Waals surface area contributed by atoms with Crippen LogP contribution >= 0.6 is 7.82 Å². The molecule has 2 aromatic heterocycles. The molecule has 2 aliphatic rings. The summed E-state index contributed by atoms with van der Waals surface area (Å²) in [7, 11) is -4.89. The lowest BCUT2D eigenvalue weighted by Crippen LogP contribution is -2.53. The van der Waals surface area contributed by atoms with Crippen LogP contribution in [0.4, 0.5) is 39.2 Å². The molecule has 4 N–H and O–H groups in total. The Labute approximate surface area is 234 Å². The summed E-state index contributed by atoms with van der Waals surface area (Å²) in [6, 6.07) is 8.79. The van der Waals surface area contributed by atoms with Crippen molar-refractivity contribution in [2.24, 2.45) is 0 Å². The van der Waals surface area contributed by atoms with Gasteiger partial charge >= 0.3 is 7.82 Å². The highest BCUT2D eigenvalue weighted by molar-refractivity contribution is 7.46. The van der Waals surface area contributed by atoms with Crippen LogP contribution in [0.5, 0.6) is 5.75 Å². The Hall–Kier alpha value is -3.88. The molecule has 14 nitrogen and oxygen atoms in total. The van der Waals surface area contributed by atoms with Crippen molar-refractivity contribution in [2.75, 3.05) is 53.5 Å². The van der Waals surface area contributed by atoms with Crippen molar-refractivity contribution in [1.82, 2.24) is 15.0 Å². The Bertz CT molecular complexity index is 1510. The molecule has 2 aliphatic heterocycles. The molecule has 3 aromatic rings. The summed E-state index contributed by atoms with van der Waals surface area (Å²) in [5.74, 6) is -1.30. The lowest BCUT2D eigenvalue weighted by atomic mass is 10.1. The van der Waals surface area contributed by atoms with Crippen molar-refractivity contribution in [3.8, 4) is 5.75 Å². The molecule has 1 saturated heterocycles. The number of pyridine rings is 1. The Morgan fingerprint density at radius 3 is 2.61 bits per heavy atom. The Balaban J connectivity index is 1.36. The number of hydrogen-bond acceptors (Lipinski definition) is 11. The monoisotopic (exact) mass is 589 g/mol. The Morgan fingerprint density at radius 2 is 1.90 bits per heavy atom. The number of amides is 1. The van der Waals surface area contributed by atoms with Gasteiger partial charge in [0.15, 0.2) is 28.8 Å². The highest BCUT2D eigenvalue weighted by atomic mass is 31.2. The number of anilines is 6. The second kappa shape index (κ2) is 11.2. The van der Waals surface area contributed by atoms with Crippen molar-refractivity contribution in [1.29, 1.82) is 0 Å². The van der Waals surface area contributed by atoms with Gasteiger partial charge < -0.3 is 34.8 Å². The number of aryl methyl sites for hydroxylation is 1. The first kappa shape index (κ1) is 28.6. The second-order valence-corrected chi connectivity index (χ2v) is 11.1. The number of nitrogens with one attached hydrogen (secondary N) is 2. The van der Waals surface area contributed by atoms with E-state index in [1.165, 1.54) is 26.0 Å². The second-order valence-electron chi connectivity index (χ2n) is 9.85. The number of phosphoric ester groups is 1. The van der Waals surface area contributed by atoms with Crippen LogP contribution in [-0.4, -0.2) is 69.3 Å². The van der Waals surface area contributed by atoms with Crippen LogP contribution in [0.3, 0.4) is 0 Å². The van der Waals surface area contributed by atoms with Gasteiger partial charge in [0.2, 0.25) is 5.95 Å². The minimum atomic E-state index is -4.89. The van der Waals surface area contributed by atoms with E-state index < -0.39 is 31.9 Å². The van der Waals surface area contributed by atoms with Crippen molar-refractivity contribution in [3.05, 3.63) is 47.9 Å². The van der Waals surface area contributed by atoms with Gasteiger partial charge in [0.1, 0.15) is 12.5 Å². The highest BCUT2D eigenvalue weighted by Gasteiger charge is 2.42. The third kappa shape index (κ3) is 6.55. The number of morpholine rings is 1. The fourth-order valence-corrected chi connectivity index (χ4v) is 4.69. The first-order valence-corrected chi connectivity index (χ1v) is 14.1. The van der Waals surface area contributed by atoms with Crippen molar-refractivity contribution in [2.45, 2.75) is 26.4 Å². The van der Waals surface area contributed by atoms with E-state index in [1.54, 1.807) is 0 Å². The minimum Gasteiger partial charge on any atom is -0.474 e. The van der Waals surface area contributed by atoms with Crippen molar-refractivity contribution < 1.29 is 37.5 Å². The number of phosphoric acid groups is 1. The molecular weight excluding hydrogens is 560 g/mol. The Kier molecular flexibility index (Phi) is 7.81. The molecule has 0 unspecified atom stereocenters. The van der Waals surface area contributed by atoms with Crippen LogP contribution in [0.2, 0.25) is 0 Å². The van der Waals surface area contributed by atoms with Gasteiger partial charge in [-0.05, 0) is 56.7 Å². The molecule has 218 valence electrons. The Morgan fingerprint density at radius 1 is 1.15 bits per heavy atom. The smallest absolute Gasteiger partial charge is 0.471 e. The van der Waals surface area contributed by atoms with E-state index in [4.69, 9.17) is 19.3 Å². The number of benzene rings is 1. The van der Waals surface area contributed by atoms with Crippen LogP contribution in [0.25, 0.3) is 0 Å². The third-order valence-electron chi connectivity index (χ3n) is 6.37. The number of aromatic nitrogens is 3. The minimum absolute atomic E-state index is 0.0728. The van der Waals surface area contributed by atoms with Gasteiger partial charge in [-0.15, -0.1) is 0 Å². The van der Waals surface area contributed by atoms with E-state index in [-0.39, 0.29) is 29.2 Å². The lowest BCUT2D eigenvalue weighted by Gasteiger charge is -2.37. The first-order chi connectivity index (χ1) is 19.4. The molecular formula is C25H29FN7O7P. The van der Waals surface area contributed by atoms with Gasteiger partial charge in [-0.2, -0.15) is 4.98 Å². The maximum atomic E-state index is 14.7. The average molecular weight is 590 g/mol. The number of ether oxygens (including phenoxy) is 2. The van der Waals surface area contributed by atoms with Crippen LogP contribution in [-0.2, 0) is 18.6 Å². The lowest BCUT2D eigenvalue weighted by molar-refractivity contribution is -0.133. The fraction of sp³-hybridized carbons (Fsp3) is 0.360. The molecule has 5 rings (SSSR count). The number of hydrogen-bond donors (Lipinski definition) is 4. The zero-order valence-corrected chi connectivity index (χ0v) is 23.4. The maximum absolute atomic E-state index is 14.7. The summed E-state index contributed by atoms with van der Waals surface area (Å²) in [4.78, 5) is 46.9. The molecule has 0 radical (unpaired) electrons. The number of rotatable bonds is 8. The average Bonchev–Trinajstić information content (AvgIpc) is 2.91. The van der Waals surface area contributed by atoms with E-state index in [1.807, 2.05) is 25.1 Å². The summed E-state index contributed by atoms with van der Waals surface area (Å²) in [5, 5.41) is 5.83. The van der Waals surface area contributed by atoms with Gasteiger partial charge in [0.05, 0.1) is 19.4 Å². The molecule has 1 aromatic carbocycles. The normalized spacial score (nSPS) is 16.7. The van der Waals surface area contributed by atoms with Crippen LogP contribution < -0.4 is 25.2 Å². The van der Waals surface area contributed by atoms with Crippen LogP contribution in [0, 0.1) is 12.7 Å². The van der Waals surface area contributed by atoms with E-state index in [0.717, 1.165) is 35.4 Å². The zero-order chi connectivity index (χ0) is 29.4. The summed E-state index contributed by atoms with van der Waals surface area (Å²) in [6.45, 7) is 7.20. The summed E-state index contributed by atoms with van der Waals surface area (Å²) < 4.78 is 41.7. The zero-order valence-electron chi connectivity index (χ0n) is 22.5. The van der Waals surface area contributed by atoms with Crippen molar-refractivity contribution in [3.63, 3.8) is 0 Å². The highest BCUT2D eigenvalue weighted by Crippen LogP contribution is 2.41. The number of carbonyl (C=O) groups is 1. The number of fused-ring (bicyclic) bond motifs is 1. The summed E-state index contributed by atoms with van der Waals surface area (Å²) in [5.41, 5.74) is 1.51. The molecule has 4 heterocycles. The molecule has 0 spiro atoms. The van der Waals surface area contributed by atoms with Crippen LogP contribution in [0.1, 0.15) is 19.4 Å². The topological polar surface area (TPSA) is 171 Å². The third-order valence-corrected chi connectivity index (χ3v) is 6.82. The predicted octanol–water partition coefficient (Wildman–Crippen LogP) is 3.21. The van der Waals surface area contributed by atoms with Gasteiger partial charge in [0.25, 0.3) is 5.91 Å². The summed E-state index contributed by atoms with van der Waals surface area (Å²) >= 11 is 0.